The second-order valence-corrected chi connectivity index (χ2v) is 8.14. The van der Waals surface area contributed by atoms with E-state index in [0.717, 1.165) is 16.8 Å². The van der Waals surface area contributed by atoms with Crippen molar-refractivity contribution < 1.29 is 14.3 Å². The van der Waals surface area contributed by atoms with Crippen molar-refractivity contribution >= 4 is 11.6 Å². The second-order valence-electron chi connectivity index (χ2n) is 8.14. The lowest BCUT2D eigenvalue weighted by Gasteiger charge is -2.24. The molecule has 170 valence electrons. The molecule has 1 atom stereocenters. The standard InChI is InChI=1S/C27H29N3O3/c1-29(18-20-10-6-4-7-11-20)19-27(31)30-25(21-12-8-5-9-13-21)17-24(28-30)23-15-14-22(32-2)16-26(23)33-3/h4-16,25H,17-19H2,1-3H3/t25-/m1/s1. The number of hydrazone groups is 1. The van der Waals surface area contributed by atoms with Crippen molar-refractivity contribution in [2.75, 3.05) is 27.8 Å². The number of carbonyl (C=O) groups excluding carboxylic acids is 1. The average Bonchev–Trinajstić information content (AvgIpc) is 3.30. The van der Waals surface area contributed by atoms with Gasteiger partial charge in [-0.25, -0.2) is 5.01 Å². The van der Waals surface area contributed by atoms with Crippen molar-refractivity contribution in [1.29, 1.82) is 0 Å². The molecule has 1 heterocycles. The number of likely N-dealkylation sites (N-methyl/N-ethyl adjacent to an activating group) is 1. The minimum Gasteiger partial charge on any atom is -0.497 e. The summed E-state index contributed by atoms with van der Waals surface area (Å²) in [4.78, 5) is 15.4. The summed E-state index contributed by atoms with van der Waals surface area (Å²) in [5.41, 5.74) is 3.92. The van der Waals surface area contributed by atoms with Crippen LogP contribution in [0.15, 0.2) is 84.0 Å². The maximum absolute atomic E-state index is 13.4. The van der Waals surface area contributed by atoms with Crippen LogP contribution in [0.5, 0.6) is 11.5 Å². The fraction of sp³-hybridized carbons (Fsp3) is 0.259. The molecule has 0 bridgehead atoms. The topological polar surface area (TPSA) is 54.4 Å². The summed E-state index contributed by atoms with van der Waals surface area (Å²) in [6.07, 6.45) is 0.612. The van der Waals surface area contributed by atoms with Crippen molar-refractivity contribution in [3.8, 4) is 11.5 Å². The Bertz CT molecular complexity index is 1120. The van der Waals surface area contributed by atoms with E-state index in [1.165, 1.54) is 5.56 Å². The molecular formula is C27H29N3O3. The maximum atomic E-state index is 13.4. The van der Waals surface area contributed by atoms with E-state index in [1.54, 1.807) is 19.2 Å². The zero-order valence-electron chi connectivity index (χ0n) is 19.3. The van der Waals surface area contributed by atoms with Crippen molar-refractivity contribution in [2.45, 2.75) is 19.0 Å². The zero-order valence-corrected chi connectivity index (χ0v) is 19.3. The highest BCUT2D eigenvalue weighted by Gasteiger charge is 2.34. The molecule has 0 aliphatic carbocycles. The molecule has 3 aromatic carbocycles. The molecule has 0 saturated heterocycles. The molecule has 1 amide bonds. The lowest BCUT2D eigenvalue weighted by molar-refractivity contribution is -0.134. The predicted molar refractivity (Wildman–Crippen MR) is 130 cm³/mol. The number of methoxy groups -OCH3 is 2. The summed E-state index contributed by atoms with van der Waals surface area (Å²) < 4.78 is 10.9. The van der Waals surface area contributed by atoms with Gasteiger partial charge in [0.05, 0.1) is 32.5 Å². The normalized spacial score (nSPS) is 15.5. The van der Waals surface area contributed by atoms with Gasteiger partial charge in [-0.3, -0.25) is 9.69 Å². The van der Waals surface area contributed by atoms with Gasteiger partial charge in [0.2, 0.25) is 0 Å². The molecule has 0 radical (unpaired) electrons. The first-order valence-electron chi connectivity index (χ1n) is 11.0. The van der Waals surface area contributed by atoms with Crippen LogP contribution in [0, 0.1) is 0 Å². The Morgan fingerprint density at radius 1 is 1.00 bits per heavy atom. The number of nitrogens with zero attached hydrogens (tertiary/aromatic N) is 3. The second kappa shape index (κ2) is 10.3. The van der Waals surface area contributed by atoms with Crippen LogP contribution in [0.1, 0.15) is 29.2 Å². The van der Waals surface area contributed by atoms with Gasteiger partial charge in [-0.05, 0) is 30.3 Å². The molecule has 1 aliphatic heterocycles. The van der Waals surface area contributed by atoms with Crippen molar-refractivity contribution in [3.63, 3.8) is 0 Å². The fourth-order valence-corrected chi connectivity index (χ4v) is 4.13. The first kappa shape index (κ1) is 22.6. The van der Waals surface area contributed by atoms with Crippen LogP contribution in [-0.4, -0.2) is 49.3 Å². The number of hydrogen-bond acceptors (Lipinski definition) is 5. The Labute approximate surface area is 195 Å². The summed E-state index contributed by atoms with van der Waals surface area (Å²) in [6.45, 7) is 0.966. The Morgan fingerprint density at radius 3 is 2.36 bits per heavy atom. The highest BCUT2D eigenvalue weighted by atomic mass is 16.5. The number of hydrogen-bond donors (Lipinski definition) is 0. The van der Waals surface area contributed by atoms with Crippen molar-refractivity contribution in [1.82, 2.24) is 9.91 Å². The van der Waals surface area contributed by atoms with E-state index in [0.29, 0.717) is 24.5 Å². The SMILES string of the molecule is COc1ccc(C2=NN(C(=O)CN(C)Cc3ccccc3)[C@@H](c3ccccc3)C2)c(OC)c1. The largest absolute Gasteiger partial charge is 0.497 e. The van der Waals surface area contributed by atoms with Crippen LogP contribution in [-0.2, 0) is 11.3 Å². The smallest absolute Gasteiger partial charge is 0.257 e. The highest BCUT2D eigenvalue weighted by Crippen LogP contribution is 2.36. The first-order chi connectivity index (χ1) is 16.1. The summed E-state index contributed by atoms with van der Waals surface area (Å²) in [5, 5.41) is 6.43. The van der Waals surface area contributed by atoms with E-state index >= 15 is 0 Å². The Kier molecular flexibility index (Phi) is 7.05. The third-order valence-electron chi connectivity index (χ3n) is 5.77. The minimum atomic E-state index is -0.161. The van der Waals surface area contributed by atoms with Gasteiger partial charge in [-0.1, -0.05) is 60.7 Å². The van der Waals surface area contributed by atoms with Gasteiger partial charge in [0, 0.05) is 24.6 Å². The summed E-state index contributed by atoms with van der Waals surface area (Å²) in [7, 11) is 5.21. The van der Waals surface area contributed by atoms with Gasteiger partial charge in [-0.15, -0.1) is 0 Å². The molecule has 0 aromatic heterocycles. The van der Waals surface area contributed by atoms with E-state index in [2.05, 4.69) is 12.1 Å². The Morgan fingerprint density at radius 2 is 1.70 bits per heavy atom. The van der Waals surface area contributed by atoms with Crippen molar-refractivity contribution in [2.24, 2.45) is 5.10 Å². The monoisotopic (exact) mass is 443 g/mol. The van der Waals surface area contributed by atoms with E-state index < -0.39 is 0 Å². The third-order valence-corrected chi connectivity index (χ3v) is 5.77. The van der Waals surface area contributed by atoms with Crippen LogP contribution in [0.2, 0.25) is 0 Å². The molecule has 6 heteroatoms. The van der Waals surface area contributed by atoms with Crippen LogP contribution < -0.4 is 9.47 Å². The summed E-state index contributed by atoms with van der Waals surface area (Å²) in [5.74, 6) is 1.35. The lowest BCUT2D eigenvalue weighted by Crippen LogP contribution is -2.36. The lowest BCUT2D eigenvalue weighted by atomic mass is 9.98. The minimum absolute atomic E-state index is 0.0373. The van der Waals surface area contributed by atoms with E-state index in [9.17, 15) is 4.79 Å². The Hall–Kier alpha value is -3.64. The number of rotatable bonds is 8. The molecule has 0 spiro atoms. The first-order valence-corrected chi connectivity index (χ1v) is 11.0. The van der Waals surface area contributed by atoms with Crippen LogP contribution in [0.3, 0.4) is 0 Å². The van der Waals surface area contributed by atoms with Crippen LogP contribution in [0.25, 0.3) is 0 Å². The third kappa shape index (κ3) is 5.23. The molecule has 4 rings (SSSR count). The quantitative estimate of drug-likeness (QED) is 0.514. The molecule has 33 heavy (non-hydrogen) atoms. The average molecular weight is 444 g/mol. The summed E-state index contributed by atoms with van der Waals surface area (Å²) >= 11 is 0. The van der Waals surface area contributed by atoms with E-state index in [-0.39, 0.29) is 18.5 Å². The maximum Gasteiger partial charge on any atom is 0.257 e. The van der Waals surface area contributed by atoms with Crippen LogP contribution >= 0.6 is 0 Å². The van der Waals surface area contributed by atoms with Gasteiger partial charge in [-0.2, -0.15) is 5.10 Å². The zero-order chi connectivity index (χ0) is 23.2. The number of ether oxygens (including phenoxy) is 2. The van der Waals surface area contributed by atoms with Gasteiger partial charge in [0.1, 0.15) is 11.5 Å². The molecule has 0 N–H and O–H groups in total. The molecular weight excluding hydrogens is 414 g/mol. The van der Waals surface area contributed by atoms with Gasteiger partial charge in [0.25, 0.3) is 5.91 Å². The van der Waals surface area contributed by atoms with Crippen LogP contribution in [0.4, 0.5) is 0 Å². The molecule has 6 nitrogen and oxygen atoms in total. The molecule has 0 unspecified atom stereocenters. The van der Waals surface area contributed by atoms with Gasteiger partial charge in [0.15, 0.2) is 0 Å². The molecule has 0 saturated carbocycles. The Balaban J connectivity index is 1.60. The fourth-order valence-electron chi connectivity index (χ4n) is 4.13. The van der Waals surface area contributed by atoms with Gasteiger partial charge < -0.3 is 9.47 Å². The molecule has 1 aliphatic rings. The number of amides is 1. The molecule has 3 aromatic rings. The number of carbonyl (C=O) groups is 1. The van der Waals surface area contributed by atoms with E-state index in [4.69, 9.17) is 14.6 Å². The van der Waals surface area contributed by atoms with Gasteiger partial charge >= 0.3 is 0 Å². The molecule has 0 fully saturated rings. The van der Waals surface area contributed by atoms with E-state index in [1.807, 2.05) is 78.7 Å². The number of benzene rings is 3. The van der Waals surface area contributed by atoms with Crippen molar-refractivity contribution in [3.05, 3.63) is 95.6 Å². The summed E-state index contributed by atoms with van der Waals surface area (Å²) in [6, 6.07) is 25.7. The highest BCUT2D eigenvalue weighted by molar-refractivity contribution is 6.05. The predicted octanol–water partition coefficient (Wildman–Crippen LogP) is 4.51.